The maximum absolute atomic E-state index is 10.8. The third kappa shape index (κ3) is 3.49. The molecule has 122 valence electrons. The van der Waals surface area contributed by atoms with Crippen molar-refractivity contribution in [2.45, 2.75) is 103 Å². The molecule has 1 N–H and O–H groups in total. The molecule has 21 heavy (non-hydrogen) atoms. The van der Waals surface area contributed by atoms with Crippen molar-refractivity contribution in [1.82, 2.24) is 0 Å². The van der Waals surface area contributed by atoms with Gasteiger partial charge in [-0.15, -0.1) is 0 Å². The molecule has 4 aliphatic rings. The van der Waals surface area contributed by atoms with E-state index in [0.29, 0.717) is 11.3 Å². The molecule has 1 nitrogen and oxygen atoms in total. The molecule has 0 radical (unpaired) electrons. The zero-order chi connectivity index (χ0) is 14.7. The predicted octanol–water partition coefficient (Wildman–Crippen LogP) is 5.70. The van der Waals surface area contributed by atoms with Crippen LogP contribution in [0, 0.1) is 23.2 Å². The van der Waals surface area contributed by atoms with E-state index in [2.05, 4.69) is 6.92 Å². The molecule has 0 amide bonds. The van der Waals surface area contributed by atoms with Crippen LogP contribution >= 0.6 is 0 Å². The first-order valence-electron chi connectivity index (χ1n) is 9.91. The number of aliphatic hydroxyl groups excluding tert-OH is 1. The minimum absolute atomic E-state index is 0.0508. The van der Waals surface area contributed by atoms with Gasteiger partial charge in [-0.05, 0) is 61.7 Å². The molecule has 4 saturated carbocycles. The zero-order valence-electron chi connectivity index (χ0n) is 14.2. The Morgan fingerprint density at radius 1 is 0.810 bits per heavy atom. The molecule has 3 unspecified atom stereocenters. The lowest BCUT2D eigenvalue weighted by Gasteiger charge is -2.60. The van der Waals surface area contributed by atoms with Gasteiger partial charge in [0.15, 0.2) is 0 Å². The number of unbranched alkanes of at least 4 members (excludes halogenated alkanes) is 7. The molecule has 0 saturated heterocycles. The summed E-state index contributed by atoms with van der Waals surface area (Å²) in [6.45, 7) is 2.29. The van der Waals surface area contributed by atoms with Crippen LogP contribution in [-0.4, -0.2) is 11.2 Å². The van der Waals surface area contributed by atoms with Gasteiger partial charge in [0.05, 0.1) is 6.10 Å². The quantitative estimate of drug-likeness (QED) is 0.540. The summed E-state index contributed by atoms with van der Waals surface area (Å²) >= 11 is 0. The summed E-state index contributed by atoms with van der Waals surface area (Å²) in [7, 11) is 0. The van der Waals surface area contributed by atoms with Crippen LogP contribution in [0.4, 0.5) is 0 Å². The van der Waals surface area contributed by atoms with Crippen LogP contribution in [0.1, 0.15) is 96.8 Å². The average molecular weight is 293 g/mol. The van der Waals surface area contributed by atoms with Crippen molar-refractivity contribution >= 4 is 0 Å². The highest BCUT2D eigenvalue weighted by Crippen LogP contribution is 2.61. The molecule has 4 rings (SSSR count). The van der Waals surface area contributed by atoms with E-state index in [1.807, 2.05) is 0 Å². The van der Waals surface area contributed by atoms with Gasteiger partial charge in [0.25, 0.3) is 0 Å². The molecule has 4 bridgehead atoms. The second kappa shape index (κ2) is 7.02. The van der Waals surface area contributed by atoms with Crippen LogP contribution in [-0.2, 0) is 0 Å². The summed E-state index contributed by atoms with van der Waals surface area (Å²) in [5.41, 5.74) is 0.358. The first-order chi connectivity index (χ1) is 10.2. The molecule has 0 aliphatic heterocycles. The predicted molar refractivity (Wildman–Crippen MR) is 89.2 cm³/mol. The van der Waals surface area contributed by atoms with Crippen LogP contribution in [0.25, 0.3) is 0 Å². The Labute approximate surface area is 131 Å². The third-order valence-electron chi connectivity index (χ3n) is 6.93. The Morgan fingerprint density at radius 3 is 2.00 bits per heavy atom. The molecular weight excluding hydrogens is 256 g/mol. The maximum atomic E-state index is 10.8. The van der Waals surface area contributed by atoms with Gasteiger partial charge in [-0.1, -0.05) is 58.3 Å². The monoisotopic (exact) mass is 292 g/mol. The summed E-state index contributed by atoms with van der Waals surface area (Å²) in [4.78, 5) is 0. The van der Waals surface area contributed by atoms with E-state index in [1.54, 1.807) is 0 Å². The fourth-order valence-electron chi connectivity index (χ4n) is 6.15. The van der Waals surface area contributed by atoms with Crippen LogP contribution in [0.2, 0.25) is 0 Å². The Hall–Kier alpha value is -0.0400. The summed E-state index contributed by atoms with van der Waals surface area (Å²) in [6, 6.07) is 0. The van der Waals surface area contributed by atoms with Gasteiger partial charge in [-0.2, -0.15) is 0 Å². The highest BCUT2D eigenvalue weighted by atomic mass is 16.3. The first-order valence-corrected chi connectivity index (χ1v) is 9.91. The molecule has 0 heterocycles. The summed E-state index contributed by atoms with van der Waals surface area (Å²) < 4.78 is 0. The minimum atomic E-state index is 0.0508. The van der Waals surface area contributed by atoms with Crippen molar-refractivity contribution in [2.75, 3.05) is 0 Å². The summed E-state index contributed by atoms with van der Waals surface area (Å²) in [6.07, 6.45) is 19.5. The summed E-state index contributed by atoms with van der Waals surface area (Å²) in [5.74, 6) is 2.62. The lowest BCUT2D eigenvalue weighted by molar-refractivity contribution is -0.159. The molecule has 4 fully saturated rings. The fraction of sp³-hybridized carbons (Fsp3) is 1.00. The van der Waals surface area contributed by atoms with Crippen LogP contribution in [0.15, 0.2) is 0 Å². The minimum Gasteiger partial charge on any atom is -0.392 e. The second-order valence-corrected chi connectivity index (χ2v) is 8.64. The van der Waals surface area contributed by atoms with Gasteiger partial charge in [0.1, 0.15) is 0 Å². The summed E-state index contributed by atoms with van der Waals surface area (Å²) in [5, 5.41) is 10.8. The van der Waals surface area contributed by atoms with Crippen molar-refractivity contribution in [3.63, 3.8) is 0 Å². The molecule has 0 spiro atoms. The molecule has 0 aromatic carbocycles. The molecule has 0 aromatic heterocycles. The van der Waals surface area contributed by atoms with Crippen LogP contribution in [0.5, 0.6) is 0 Å². The van der Waals surface area contributed by atoms with Crippen LogP contribution < -0.4 is 0 Å². The largest absolute Gasteiger partial charge is 0.392 e. The lowest BCUT2D eigenvalue weighted by atomic mass is 9.47. The zero-order valence-corrected chi connectivity index (χ0v) is 14.2. The number of hydrogen-bond donors (Lipinski definition) is 1. The number of hydrogen-bond acceptors (Lipinski definition) is 1. The van der Waals surface area contributed by atoms with Gasteiger partial charge in [0, 0.05) is 0 Å². The topological polar surface area (TPSA) is 20.2 Å². The van der Waals surface area contributed by atoms with E-state index in [9.17, 15) is 5.11 Å². The highest BCUT2D eigenvalue weighted by molar-refractivity contribution is 5.06. The third-order valence-corrected chi connectivity index (χ3v) is 6.93. The molecule has 5 atom stereocenters. The first kappa shape index (κ1) is 15.8. The van der Waals surface area contributed by atoms with Crippen LogP contribution in [0.3, 0.4) is 0 Å². The maximum Gasteiger partial charge on any atom is 0.0624 e. The van der Waals surface area contributed by atoms with E-state index in [1.165, 1.54) is 89.9 Å². The van der Waals surface area contributed by atoms with E-state index in [0.717, 1.165) is 11.8 Å². The standard InChI is InChI=1S/C20H36O/c1-2-3-4-5-6-7-8-9-10-20-14-16-11-17(15-20)13-18(12-16)19(20)21/h16-19,21H,2-15H2,1H3/t16-,17+,18?,19?,20?. The second-order valence-electron chi connectivity index (χ2n) is 8.64. The Kier molecular flexibility index (Phi) is 5.30. The van der Waals surface area contributed by atoms with Crippen molar-refractivity contribution < 1.29 is 5.11 Å². The number of aliphatic hydroxyl groups is 1. The van der Waals surface area contributed by atoms with Gasteiger partial charge < -0.3 is 5.11 Å². The molecule has 0 aromatic rings. The van der Waals surface area contributed by atoms with Crippen molar-refractivity contribution in [2.24, 2.45) is 23.2 Å². The Morgan fingerprint density at radius 2 is 1.38 bits per heavy atom. The molecule has 1 heteroatoms. The lowest BCUT2D eigenvalue weighted by Crippen LogP contribution is -2.55. The number of rotatable bonds is 9. The van der Waals surface area contributed by atoms with Gasteiger partial charge >= 0.3 is 0 Å². The van der Waals surface area contributed by atoms with Gasteiger partial charge in [0.2, 0.25) is 0 Å². The van der Waals surface area contributed by atoms with E-state index in [-0.39, 0.29) is 6.10 Å². The Bertz CT molecular complexity index is 310. The van der Waals surface area contributed by atoms with E-state index < -0.39 is 0 Å². The highest BCUT2D eigenvalue weighted by Gasteiger charge is 2.55. The average Bonchev–Trinajstić information content (AvgIpc) is 2.47. The van der Waals surface area contributed by atoms with Crippen molar-refractivity contribution in [1.29, 1.82) is 0 Å². The molecule has 4 aliphatic carbocycles. The normalized spacial score (nSPS) is 40.9. The van der Waals surface area contributed by atoms with E-state index in [4.69, 9.17) is 0 Å². The Balaban J connectivity index is 1.37. The smallest absolute Gasteiger partial charge is 0.0624 e. The van der Waals surface area contributed by atoms with Gasteiger partial charge in [-0.3, -0.25) is 0 Å². The van der Waals surface area contributed by atoms with Crippen molar-refractivity contribution in [3.8, 4) is 0 Å². The SMILES string of the molecule is CCCCCCCCCCC12C[C@@H]3CC(C[C@@H](C3)C1)C2O. The van der Waals surface area contributed by atoms with E-state index >= 15 is 0 Å². The van der Waals surface area contributed by atoms with Gasteiger partial charge in [-0.25, -0.2) is 0 Å². The van der Waals surface area contributed by atoms with Crippen molar-refractivity contribution in [3.05, 3.63) is 0 Å². The fourth-order valence-corrected chi connectivity index (χ4v) is 6.15. The molecular formula is C20H36O.